The van der Waals surface area contributed by atoms with E-state index in [0.29, 0.717) is 13.0 Å². The molecule has 1 aromatic heterocycles. The first kappa shape index (κ1) is 25.5. The Morgan fingerprint density at radius 3 is 2.30 bits per heavy atom. The number of quaternary nitrogens is 1. The summed E-state index contributed by atoms with van der Waals surface area (Å²) in [5.74, 6) is 0.143. The molecule has 0 saturated carbocycles. The number of para-hydroxylation sites is 1. The fourth-order valence-electron chi connectivity index (χ4n) is 6.24. The topological polar surface area (TPSA) is 60.9 Å². The summed E-state index contributed by atoms with van der Waals surface area (Å²) in [6.07, 6.45) is 6.41. The molecule has 0 aliphatic carbocycles. The van der Waals surface area contributed by atoms with Crippen molar-refractivity contribution in [2.24, 2.45) is 0 Å². The smallest absolute Gasteiger partial charge is 0.246 e. The third-order valence-corrected chi connectivity index (χ3v) is 8.18. The zero-order valence-electron chi connectivity index (χ0n) is 22.3. The summed E-state index contributed by atoms with van der Waals surface area (Å²) in [5, 5.41) is 1.15. The van der Waals surface area contributed by atoms with Crippen molar-refractivity contribution in [2.75, 3.05) is 32.7 Å². The summed E-state index contributed by atoms with van der Waals surface area (Å²) >= 11 is 0. The van der Waals surface area contributed by atoms with Crippen LogP contribution in [0.1, 0.15) is 68.8 Å². The SMILES string of the molecule is CCCC[NH+](CCCC)CCCN1CC(=O)N2[C@@H](c3ccccc3)c3[nH]c4ccccc4c3C[C@H]2C1=O. The van der Waals surface area contributed by atoms with Gasteiger partial charge in [0.05, 0.1) is 32.2 Å². The molecule has 2 aliphatic heterocycles. The number of fused-ring (bicyclic) bond motifs is 4. The fourth-order valence-corrected chi connectivity index (χ4v) is 6.24. The van der Waals surface area contributed by atoms with Crippen molar-refractivity contribution in [3.05, 3.63) is 71.4 Å². The van der Waals surface area contributed by atoms with E-state index in [1.807, 2.05) is 40.1 Å². The number of aromatic nitrogens is 1. The second-order valence-electron chi connectivity index (χ2n) is 10.7. The van der Waals surface area contributed by atoms with E-state index >= 15 is 0 Å². The van der Waals surface area contributed by atoms with Crippen molar-refractivity contribution in [1.82, 2.24) is 14.8 Å². The molecule has 37 heavy (non-hydrogen) atoms. The third kappa shape index (κ3) is 5.17. The maximum absolute atomic E-state index is 13.9. The molecule has 2 aliphatic rings. The first-order valence-electron chi connectivity index (χ1n) is 14.2. The molecule has 2 atom stereocenters. The zero-order valence-corrected chi connectivity index (χ0v) is 22.3. The highest BCUT2D eigenvalue weighted by Crippen LogP contribution is 2.42. The van der Waals surface area contributed by atoms with Crippen LogP contribution in [-0.4, -0.2) is 65.4 Å². The lowest BCUT2D eigenvalue weighted by Gasteiger charge is -2.47. The lowest BCUT2D eigenvalue weighted by molar-refractivity contribution is -0.900. The van der Waals surface area contributed by atoms with Crippen LogP contribution in [0.4, 0.5) is 0 Å². The van der Waals surface area contributed by atoms with Gasteiger partial charge in [-0.2, -0.15) is 0 Å². The van der Waals surface area contributed by atoms with Gasteiger partial charge in [0.25, 0.3) is 0 Å². The summed E-state index contributed by atoms with van der Waals surface area (Å²) in [4.78, 5) is 36.5. The van der Waals surface area contributed by atoms with Crippen molar-refractivity contribution in [2.45, 2.75) is 64.5 Å². The molecular formula is C31H41N4O2+. The van der Waals surface area contributed by atoms with E-state index < -0.39 is 6.04 Å². The number of carbonyl (C=O) groups is 2. The van der Waals surface area contributed by atoms with Crippen LogP contribution >= 0.6 is 0 Å². The van der Waals surface area contributed by atoms with Crippen LogP contribution in [0.5, 0.6) is 0 Å². The highest BCUT2D eigenvalue weighted by molar-refractivity contribution is 5.97. The third-order valence-electron chi connectivity index (χ3n) is 8.18. The Morgan fingerprint density at radius 1 is 0.892 bits per heavy atom. The van der Waals surface area contributed by atoms with Gasteiger partial charge in [-0.1, -0.05) is 75.2 Å². The maximum atomic E-state index is 13.9. The number of benzene rings is 2. The Bertz CT molecular complexity index is 1210. The van der Waals surface area contributed by atoms with E-state index in [-0.39, 0.29) is 24.4 Å². The summed E-state index contributed by atoms with van der Waals surface area (Å²) in [5.41, 5.74) is 4.32. The van der Waals surface area contributed by atoms with Crippen LogP contribution in [0.3, 0.4) is 0 Å². The number of hydrogen-bond acceptors (Lipinski definition) is 2. The molecule has 0 radical (unpaired) electrons. The van der Waals surface area contributed by atoms with E-state index in [0.717, 1.165) is 35.1 Å². The van der Waals surface area contributed by atoms with Gasteiger partial charge in [0.15, 0.2) is 0 Å². The van der Waals surface area contributed by atoms with E-state index in [9.17, 15) is 9.59 Å². The van der Waals surface area contributed by atoms with Gasteiger partial charge in [0.1, 0.15) is 6.04 Å². The number of H-pyrrole nitrogens is 1. The highest BCUT2D eigenvalue weighted by Gasteiger charge is 2.48. The predicted octanol–water partition coefficient (Wildman–Crippen LogP) is 3.73. The monoisotopic (exact) mass is 501 g/mol. The van der Waals surface area contributed by atoms with Crippen LogP contribution in [0.25, 0.3) is 10.9 Å². The second kappa shape index (κ2) is 11.5. The minimum atomic E-state index is -0.457. The van der Waals surface area contributed by atoms with Gasteiger partial charge in [-0.05, 0) is 30.0 Å². The Labute approximate surface area is 220 Å². The minimum Gasteiger partial charge on any atom is -0.356 e. The molecule has 2 aromatic carbocycles. The molecule has 1 saturated heterocycles. The molecular weight excluding hydrogens is 460 g/mol. The molecule has 6 nitrogen and oxygen atoms in total. The van der Waals surface area contributed by atoms with E-state index in [4.69, 9.17) is 0 Å². The molecule has 196 valence electrons. The number of hydrogen-bond donors (Lipinski definition) is 2. The Hall–Kier alpha value is -3.12. The highest BCUT2D eigenvalue weighted by atomic mass is 16.2. The molecule has 0 spiro atoms. The van der Waals surface area contributed by atoms with Crippen molar-refractivity contribution in [3.8, 4) is 0 Å². The maximum Gasteiger partial charge on any atom is 0.246 e. The largest absolute Gasteiger partial charge is 0.356 e. The first-order valence-corrected chi connectivity index (χ1v) is 14.2. The molecule has 3 heterocycles. The van der Waals surface area contributed by atoms with Crippen molar-refractivity contribution in [1.29, 1.82) is 0 Å². The number of carbonyl (C=O) groups excluding carboxylic acids is 2. The number of piperazine rings is 1. The molecule has 2 N–H and O–H groups in total. The van der Waals surface area contributed by atoms with Crippen molar-refractivity contribution in [3.63, 3.8) is 0 Å². The van der Waals surface area contributed by atoms with Crippen LogP contribution in [-0.2, 0) is 16.0 Å². The predicted molar refractivity (Wildman–Crippen MR) is 147 cm³/mol. The first-order chi connectivity index (χ1) is 18.1. The Balaban J connectivity index is 1.38. The van der Waals surface area contributed by atoms with Gasteiger partial charge >= 0.3 is 0 Å². The number of nitrogens with zero attached hydrogens (tertiary/aromatic N) is 2. The average molecular weight is 502 g/mol. The van der Waals surface area contributed by atoms with E-state index in [1.165, 1.54) is 44.3 Å². The zero-order chi connectivity index (χ0) is 25.8. The number of aromatic amines is 1. The van der Waals surface area contributed by atoms with Crippen LogP contribution in [0, 0.1) is 0 Å². The number of rotatable bonds is 11. The minimum absolute atomic E-state index is 0.0453. The van der Waals surface area contributed by atoms with Gasteiger partial charge in [-0.25, -0.2) is 0 Å². The summed E-state index contributed by atoms with van der Waals surface area (Å²) in [7, 11) is 0. The van der Waals surface area contributed by atoms with E-state index in [1.54, 1.807) is 4.90 Å². The Morgan fingerprint density at radius 2 is 1.57 bits per heavy atom. The molecule has 2 amide bonds. The summed E-state index contributed by atoms with van der Waals surface area (Å²) < 4.78 is 0. The van der Waals surface area contributed by atoms with Gasteiger partial charge in [-0.3, -0.25) is 9.59 Å². The quantitative estimate of drug-likeness (QED) is 0.421. The molecule has 5 rings (SSSR count). The van der Waals surface area contributed by atoms with E-state index in [2.05, 4.69) is 43.1 Å². The molecule has 0 bridgehead atoms. The van der Waals surface area contributed by atoms with Gasteiger partial charge in [0.2, 0.25) is 11.8 Å². The molecule has 1 fully saturated rings. The normalized spacial score (nSPS) is 19.5. The van der Waals surface area contributed by atoms with Crippen molar-refractivity contribution < 1.29 is 14.5 Å². The van der Waals surface area contributed by atoms with Gasteiger partial charge in [-0.15, -0.1) is 0 Å². The molecule has 3 aromatic rings. The molecule has 0 unspecified atom stereocenters. The number of unbranched alkanes of at least 4 members (excludes halogenated alkanes) is 2. The lowest BCUT2D eigenvalue weighted by atomic mass is 9.86. The van der Waals surface area contributed by atoms with Crippen molar-refractivity contribution >= 4 is 22.7 Å². The lowest BCUT2D eigenvalue weighted by Crippen LogP contribution is -3.12. The van der Waals surface area contributed by atoms with Crippen LogP contribution in [0.2, 0.25) is 0 Å². The van der Waals surface area contributed by atoms with Crippen LogP contribution < -0.4 is 4.90 Å². The fraction of sp³-hybridized carbons (Fsp3) is 0.484. The summed E-state index contributed by atoms with van der Waals surface area (Å²) in [6, 6.07) is 17.7. The second-order valence-corrected chi connectivity index (χ2v) is 10.7. The Kier molecular flexibility index (Phi) is 7.94. The molecule has 6 heteroatoms. The van der Waals surface area contributed by atoms with Gasteiger partial charge in [0, 0.05) is 36.0 Å². The number of amides is 2. The van der Waals surface area contributed by atoms with Gasteiger partial charge < -0.3 is 19.7 Å². The number of nitrogens with one attached hydrogen (secondary N) is 2. The van der Waals surface area contributed by atoms with Crippen LogP contribution in [0.15, 0.2) is 54.6 Å². The average Bonchev–Trinajstić information content (AvgIpc) is 3.30. The standard InChI is InChI=1S/C31H40N4O2/c1-3-5-17-33(18-6-4-2)19-12-20-34-22-28(36)35-27(31(34)37)21-25-24-15-10-11-16-26(24)32-29(25)30(35)23-13-8-7-9-14-23/h7-11,13-16,27,30,32H,3-6,12,17-22H2,1-2H3/p+1/t27-,30-/m0/s1. The summed E-state index contributed by atoms with van der Waals surface area (Å²) in [6.45, 7) is 8.77.